The highest BCUT2D eigenvalue weighted by Crippen LogP contribution is 2.23. The van der Waals surface area contributed by atoms with Gasteiger partial charge in [0.15, 0.2) is 11.6 Å². The number of halogens is 2. The van der Waals surface area contributed by atoms with Crippen molar-refractivity contribution in [3.05, 3.63) is 89.9 Å². The fourth-order valence-electron chi connectivity index (χ4n) is 2.47. The van der Waals surface area contributed by atoms with Gasteiger partial charge in [0, 0.05) is 24.0 Å². The summed E-state index contributed by atoms with van der Waals surface area (Å²) in [6, 6.07) is 10.6. The van der Waals surface area contributed by atoms with Crippen molar-refractivity contribution in [1.82, 2.24) is 15.3 Å². The molecule has 0 aliphatic heterocycles. The van der Waals surface area contributed by atoms with E-state index in [-0.39, 0.29) is 11.6 Å². The molecule has 28 heavy (non-hydrogen) atoms. The van der Waals surface area contributed by atoms with Gasteiger partial charge < -0.3 is 10.1 Å². The van der Waals surface area contributed by atoms with Crippen molar-refractivity contribution >= 4 is 12.0 Å². The van der Waals surface area contributed by atoms with Crippen LogP contribution >= 0.6 is 0 Å². The highest BCUT2D eigenvalue weighted by Gasteiger charge is 2.10. The highest BCUT2D eigenvalue weighted by atomic mass is 19.2. The summed E-state index contributed by atoms with van der Waals surface area (Å²) in [6.45, 7) is 1.80. The molecule has 0 spiro atoms. The van der Waals surface area contributed by atoms with E-state index in [0.717, 1.165) is 17.7 Å². The van der Waals surface area contributed by atoms with E-state index in [1.54, 1.807) is 31.3 Å². The van der Waals surface area contributed by atoms with Crippen LogP contribution in [-0.2, 0) is 4.79 Å². The number of carbonyl (C=O) groups is 1. The van der Waals surface area contributed by atoms with E-state index in [4.69, 9.17) is 4.74 Å². The van der Waals surface area contributed by atoms with E-state index in [1.807, 2.05) is 6.07 Å². The van der Waals surface area contributed by atoms with Crippen LogP contribution in [-0.4, -0.2) is 15.9 Å². The minimum atomic E-state index is -0.992. The van der Waals surface area contributed by atoms with Crippen molar-refractivity contribution in [3.8, 4) is 11.6 Å². The van der Waals surface area contributed by atoms with Crippen LogP contribution in [0.15, 0.2) is 67.1 Å². The summed E-state index contributed by atoms with van der Waals surface area (Å²) in [4.78, 5) is 20.1. The Kier molecular flexibility index (Phi) is 6.06. The van der Waals surface area contributed by atoms with E-state index in [1.165, 1.54) is 30.6 Å². The summed E-state index contributed by atoms with van der Waals surface area (Å²) in [5.74, 6) is -1.48. The summed E-state index contributed by atoms with van der Waals surface area (Å²) in [5, 5.41) is 2.77. The fourth-order valence-corrected chi connectivity index (χ4v) is 2.47. The number of hydrogen-bond acceptors (Lipinski definition) is 4. The molecule has 0 saturated heterocycles. The molecule has 0 aliphatic carbocycles. The van der Waals surface area contributed by atoms with E-state index in [0.29, 0.717) is 11.6 Å². The Morgan fingerprint density at radius 3 is 2.79 bits per heavy atom. The van der Waals surface area contributed by atoms with Crippen molar-refractivity contribution < 1.29 is 18.3 Å². The fraction of sp³-hybridized carbons (Fsp3) is 0.0952. The number of rotatable bonds is 6. The summed E-state index contributed by atoms with van der Waals surface area (Å²) < 4.78 is 32.4. The lowest BCUT2D eigenvalue weighted by molar-refractivity contribution is -0.117. The topological polar surface area (TPSA) is 64.1 Å². The van der Waals surface area contributed by atoms with Crippen LogP contribution in [0.25, 0.3) is 6.08 Å². The zero-order valence-corrected chi connectivity index (χ0v) is 15.0. The lowest BCUT2D eigenvalue weighted by Crippen LogP contribution is -2.24. The van der Waals surface area contributed by atoms with Crippen LogP contribution in [0.5, 0.6) is 11.6 Å². The minimum absolute atomic E-state index is 0.00201. The largest absolute Gasteiger partial charge is 0.437 e. The second-order valence-corrected chi connectivity index (χ2v) is 5.92. The van der Waals surface area contributed by atoms with E-state index in [2.05, 4.69) is 15.3 Å². The second-order valence-electron chi connectivity index (χ2n) is 5.92. The van der Waals surface area contributed by atoms with Crippen LogP contribution in [0.3, 0.4) is 0 Å². The van der Waals surface area contributed by atoms with Gasteiger partial charge in [0.25, 0.3) is 0 Å². The first-order chi connectivity index (χ1) is 13.5. The van der Waals surface area contributed by atoms with Crippen molar-refractivity contribution in [2.45, 2.75) is 13.0 Å². The van der Waals surface area contributed by atoms with Gasteiger partial charge in [-0.2, -0.15) is 0 Å². The van der Waals surface area contributed by atoms with Gasteiger partial charge in [-0.1, -0.05) is 24.3 Å². The quantitative estimate of drug-likeness (QED) is 0.641. The van der Waals surface area contributed by atoms with Crippen molar-refractivity contribution in [1.29, 1.82) is 0 Å². The number of hydrogen-bond donors (Lipinski definition) is 1. The molecular weight excluding hydrogens is 364 g/mol. The first-order valence-corrected chi connectivity index (χ1v) is 8.49. The third-order valence-electron chi connectivity index (χ3n) is 3.87. The number of ether oxygens (including phenoxy) is 1. The maximum Gasteiger partial charge on any atom is 0.244 e. The van der Waals surface area contributed by atoms with Gasteiger partial charge in [-0.15, -0.1) is 0 Å². The molecule has 2 aromatic carbocycles. The molecular formula is C21H17F2N3O2. The molecule has 3 rings (SSSR count). The second kappa shape index (κ2) is 8.85. The van der Waals surface area contributed by atoms with Gasteiger partial charge in [0.2, 0.25) is 11.8 Å². The zero-order chi connectivity index (χ0) is 19.9. The lowest BCUT2D eigenvalue weighted by atomic mass is 10.1. The van der Waals surface area contributed by atoms with E-state index >= 15 is 0 Å². The average molecular weight is 381 g/mol. The van der Waals surface area contributed by atoms with Crippen LogP contribution in [0.4, 0.5) is 8.78 Å². The molecule has 0 saturated carbocycles. The van der Waals surface area contributed by atoms with Gasteiger partial charge in [-0.25, -0.2) is 13.8 Å². The first kappa shape index (κ1) is 19.2. The SMILES string of the molecule is C[C@H](NC(=O)/C=C/c1cccc(F)c1F)c1cccc(Oc2cnccn2)c1. The third-order valence-corrected chi connectivity index (χ3v) is 3.87. The molecule has 1 heterocycles. The Labute approximate surface area is 160 Å². The van der Waals surface area contributed by atoms with Crippen molar-refractivity contribution in [3.63, 3.8) is 0 Å². The molecule has 1 amide bonds. The summed E-state index contributed by atoms with van der Waals surface area (Å²) >= 11 is 0. The average Bonchev–Trinajstić information content (AvgIpc) is 2.70. The molecule has 0 bridgehead atoms. The monoisotopic (exact) mass is 381 g/mol. The standard InChI is InChI=1S/C21H17F2N3O2/c1-14(26-19(27)9-8-15-4-3-7-18(22)21(15)23)16-5-2-6-17(12-16)28-20-13-24-10-11-25-20/h2-14H,1H3,(H,26,27)/b9-8+/t14-/m0/s1. The number of amides is 1. The Bertz CT molecular complexity index is 994. The van der Waals surface area contributed by atoms with Crippen molar-refractivity contribution in [2.24, 2.45) is 0 Å². The lowest BCUT2D eigenvalue weighted by Gasteiger charge is -2.14. The molecule has 0 aliphatic rings. The molecule has 7 heteroatoms. The van der Waals surface area contributed by atoms with Gasteiger partial charge in [0.1, 0.15) is 5.75 Å². The molecule has 1 N–H and O–H groups in total. The molecule has 0 unspecified atom stereocenters. The predicted molar refractivity (Wildman–Crippen MR) is 100 cm³/mol. The number of benzene rings is 2. The summed E-state index contributed by atoms with van der Waals surface area (Å²) in [5.41, 5.74) is 0.808. The maximum atomic E-state index is 13.6. The van der Waals surface area contributed by atoms with Gasteiger partial charge in [-0.3, -0.25) is 9.78 Å². The number of carbonyl (C=O) groups excluding carboxylic acids is 1. The predicted octanol–water partition coefficient (Wildman–Crippen LogP) is 4.44. The van der Waals surface area contributed by atoms with Gasteiger partial charge in [-0.05, 0) is 36.8 Å². The molecule has 3 aromatic rings. The van der Waals surface area contributed by atoms with Gasteiger partial charge >= 0.3 is 0 Å². The Morgan fingerprint density at radius 2 is 2.00 bits per heavy atom. The summed E-state index contributed by atoms with van der Waals surface area (Å²) in [6.07, 6.45) is 6.95. The molecule has 1 atom stereocenters. The third kappa shape index (κ3) is 4.97. The zero-order valence-electron chi connectivity index (χ0n) is 15.0. The van der Waals surface area contributed by atoms with Crippen LogP contribution < -0.4 is 10.1 Å². The smallest absolute Gasteiger partial charge is 0.244 e. The van der Waals surface area contributed by atoms with Crippen LogP contribution in [0.1, 0.15) is 24.1 Å². The first-order valence-electron chi connectivity index (χ1n) is 8.49. The van der Waals surface area contributed by atoms with Crippen LogP contribution in [0, 0.1) is 11.6 Å². The normalized spacial score (nSPS) is 12.0. The highest BCUT2D eigenvalue weighted by molar-refractivity contribution is 5.92. The molecule has 1 aromatic heterocycles. The molecule has 142 valence electrons. The van der Waals surface area contributed by atoms with Crippen molar-refractivity contribution in [2.75, 3.05) is 0 Å². The Hall–Kier alpha value is -3.61. The number of aromatic nitrogens is 2. The Balaban J connectivity index is 1.64. The minimum Gasteiger partial charge on any atom is -0.437 e. The molecule has 0 fully saturated rings. The summed E-state index contributed by atoms with van der Waals surface area (Å²) in [7, 11) is 0. The van der Waals surface area contributed by atoms with E-state index in [9.17, 15) is 13.6 Å². The van der Waals surface area contributed by atoms with E-state index < -0.39 is 17.5 Å². The number of nitrogens with zero attached hydrogens (tertiary/aromatic N) is 2. The van der Waals surface area contributed by atoms with Gasteiger partial charge in [0.05, 0.1) is 12.2 Å². The number of nitrogens with one attached hydrogen (secondary N) is 1. The van der Waals surface area contributed by atoms with Crippen LogP contribution in [0.2, 0.25) is 0 Å². The Morgan fingerprint density at radius 1 is 1.18 bits per heavy atom. The maximum absolute atomic E-state index is 13.6. The molecule has 0 radical (unpaired) electrons. The molecule has 5 nitrogen and oxygen atoms in total.